The highest BCUT2D eigenvalue weighted by Crippen LogP contribution is 2.29. The number of barbiturate groups is 1. The Morgan fingerprint density at radius 3 is 2.05 bits per heavy atom. The van der Waals surface area contributed by atoms with E-state index < -0.39 is 17.8 Å². The molecule has 0 aliphatic carbocycles. The van der Waals surface area contributed by atoms with Crippen molar-refractivity contribution in [2.75, 3.05) is 4.90 Å². The van der Waals surface area contributed by atoms with Crippen molar-refractivity contribution in [2.24, 2.45) is 0 Å². The SMILES string of the molecule is O=C1NC(=O)N(c2ccc(OCc3ccc(Br)cc3)cc2)C(=O)/C1=C/c1cc(Br)ccc1OCc1ccc(Cl)cc1. The van der Waals surface area contributed by atoms with Crippen LogP contribution in [0.25, 0.3) is 6.08 Å². The van der Waals surface area contributed by atoms with E-state index >= 15 is 0 Å². The van der Waals surface area contributed by atoms with E-state index in [9.17, 15) is 14.4 Å². The lowest BCUT2D eigenvalue weighted by Gasteiger charge is -2.26. The third kappa shape index (κ3) is 7.05. The highest BCUT2D eigenvalue weighted by molar-refractivity contribution is 9.10. The Hall–Kier alpha value is -3.92. The molecule has 10 heteroatoms. The zero-order chi connectivity index (χ0) is 28.9. The van der Waals surface area contributed by atoms with Crippen molar-refractivity contribution in [3.63, 3.8) is 0 Å². The van der Waals surface area contributed by atoms with E-state index in [1.54, 1.807) is 54.6 Å². The molecule has 4 amide bonds. The Labute approximate surface area is 258 Å². The summed E-state index contributed by atoms with van der Waals surface area (Å²) in [6, 6.07) is 25.9. The molecule has 206 valence electrons. The molecular formula is C31H21Br2ClN2O5. The second kappa shape index (κ2) is 12.7. The fourth-order valence-corrected chi connectivity index (χ4v) is 4.76. The number of urea groups is 1. The maximum Gasteiger partial charge on any atom is 0.335 e. The van der Waals surface area contributed by atoms with Crippen LogP contribution in [0.15, 0.2) is 106 Å². The maximum absolute atomic E-state index is 13.5. The van der Waals surface area contributed by atoms with Crippen molar-refractivity contribution in [2.45, 2.75) is 13.2 Å². The highest BCUT2D eigenvalue weighted by atomic mass is 79.9. The number of nitrogens with one attached hydrogen (secondary N) is 1. The topological polar surface area (TPSA) is 84.9 Å². The van der Waals surface area contributed by atoms with Crippen molar-refractivity contribution >= 4 is 73.1 Å². The van der Waals surface area contributed by atoms with Crippen LogP contribution in [0.3, 0.4) is 0 Å². The molecule has 0 saturated carbocycles. The minimum atomic E-state index is -0.839. The lowest BCUT2D eigenvalue weighted by Crippen LogP contribution is -2.54. The number of carbonyl (C=O) groups excluding carboxylic acids is 3. The van der Waals surface area contributed by atoms with Gasteiger partial charge in [0.15, 0.2) is 0 Å². The molecule has 5 rings (SSSR count). The molecule has 0 aromatic heterocycles. The minimum Gasteiger partial charge on any atom is -0.489 e. The molecule has 4 aromatic carbocycles. The third-order valence-electron chi connectivity index (χ3n) is 6.09. The molecule has 1 aliphatic rings. The van der Waals surface area contributed by atoms with Gasteiger partial charge in [0.2, 0.25) is 0 Å². The van der Waals surface area contributed by atoms with Gasteiger partial charge in [0.05, 0.1) is 5.69 Å². The molecule has 1 aliphatic heterocycles. The zero-order valence-electron chi connectivity index (χ0n) is 21.3. The van der Waals surface area contributed by atoms with Gasteiger partial charge in [0.25, 0.3) is 11.8 Å². The Morgan fingerprint density at radius 2 is 1.37 bits per heavy atom. The summed E-state index contributed by atoms with van der Waals surface area (Å²) in [7, 11) is 0. The van der Waals surface area contributed by atoms with E-state index in [0.29, 0.717) is 28.7 Å². The summed E-state index contributed by atoms with van der Waals surface area (Å²) in [6.07, 6.45) is 1.41. The van der Waals surface area contributed by atoms with Gasteiger partial charge in [-0.15, -0.1) is 0 Å². The summed E-state index contributed by atoms with van der Waals surface area (Å²) >= 11 is 12.8. The van der Waals surface area contributed by atoms with E-state index in [0.717, 1.165) is 25.0 Å². The molecule has 7 nitrogen and oxygen atoms in total. The molecule has 0 unspecified atom stereocenters. The van der Waals surface area contributed by atoms with Crippen LogP contribution >= 0.6 is 43.5 Å². The molecule has 1 saturated heterocycles. The number of nitrogens with zero attached hydrogens (tertiary/aromatic N) is 1. The van der Waals surface area contributed by atoms with Crippen LogP contribution in [0.4, 0.5) is 10.5 Å². The van der Waals surface area contributed by atoms with Gasteiger partial charge in [0, 0.05) is 19.5 Å². The number of imide groups is 2. The molecule has 0 radical (unpaired) electrons. The predicted molar refractivity (Wildman–Crippen MR) is 164 cm³/mol. The Kier molecular flexibility index (Phi) is 8.87. The van der Waals surface area contributed by atoms with Gasteiger partial charge in [-0.3, -0.25) is 14.9 Å². The van der Waals surface area contributed by atoms with Crippen molar-refractivity contribution < 1.29 is 23.9 Å². The van der Waals surface area contributed by atoms with Gasteiger partial charge < -0.3 is 9.47 Å². The number of hydrogen-bond donors (Lipinski definition) is 1. The van der Waals surface area contributed by atoms with E-state index in [1.165, 1.54) is 6.08 Å². The molecule has 1 fully saturated rings. The van der Waals surface area contributed by atoms with Gasteiger partial charge in [-0.2, -0.15) is 0 Å². The second-order valence-corrected chi connectivity index (χ2v) is 11.2. The molecular weight excluding hydrogens is 676 g/mol. The van der Waals surface area contributed by atoms with Gasteiger partial charge in [-0.1, -0.05) is 67.7 Å². The summed E-state index contributed by atoms with van der Waals surface area (Å²) < 4.78 is 13.5. The smallest absolute Gasteiger partial charge is 0.335 e. The standard InChI is InChI=1S/C31H21Br2ClN2O5/c32-22-5-1-19(2-6-22)17-40-26-12-10-25(11-13-26)36-30(38)27(29(37)35-31(36)39)16-21-15-23(33)7-14-28(21)41-18-20-3-8-24(34)9-4-20/h1-16H,17-18H2,(H,35,37,39)/b27-16+. The van der Waals surface area contributed by atoms with E-state index in [2.05, 4.69) is 37.2 Å². The predicted octanol–water partition coefficient (Wildman–Crippen LogP) is 7.69. The first kappa shape index (κ1) is 28.6. The Balaban J connectivity index is 1.35. The van der Waals surface area contributed by atoms with Crippen LogP contribution in [0, 0.1) is 0 Å². The van der Waals surface area contributed by atoms with Gasteiger partial charge in [0.1, 0.15) is 30.3 Å². The lowest BCUT2D eigenvalue weighted by molar-refractivity contribution is -0.122. The number of rotatable bonds is 8. The number of amides is 4. The number of halogens is 3. The summed E-state index contributed by atoms with van der Waals surface area (Å²) in [5, 5.41) is 2.87. The maximum atomic E-state index is 13.5. The van der Waals surface area contributed by atoms with Crippen LogP contribution in [-0.2, 0) is 22.8 Å². The van der Waals surface area contributed by atoms with Gasteiger partial charge >= 0.3 is 6.03 Å². The van der Waals surface area contributed by atoms with E-state index in [1.807, 2.05) is 36.4 Å². The Bertz CT molecular complexity index is 1640. The van der Waals surface area contributed by atoms with E-state index in [-0.39, 0.29) is 17.9 Å². The number of hydrogen-bond acceptors (Lipinski definition) is 5. The van der Waals surface area contributed by atoms with Crippen LogP contribution in [-0.4, -0.2) is 17.8 Å². The first-order chi connectivity index (χ1) is 19.8. The zero-order valence-corrected chi connectivity index (χ0v) is 25.2. The van der Waals surface area contributed by atoms with Crippen molar-refractivity contribution in [1.82, 2.24) is 5.32 Å². The van der Waals surface area contributed by atoms with Crippen molar-refractivity contribution in [1.29, 1.82) is 0 Å². The fraction of sp³-hybridized carbons (Fsp3) is 0.0645. The molecule has 1 heterocycles. The molecule has 1 N–H and O–H groups in total. The second-order valence-electron chi connectivity index (χ2n) is 8.96. The molecule has 0 atom stereocenters. The van der Waals surface area contributed by atoms with Crippen LogP contribution in [0.1, 0.15) is 16.7 Å². The number of benzene rings is 4. The van der Waals surface area contributed by atoms with Crippen LogP contribution in [0.5, 0.6) is 11.5 Å². The fourth-order valence-electron chi connectivity index (χ4n) is 3.99. The largest absolute Gasteiger partial charge is 0.489 e. The minimum absolute atomic E-state index is 0.213. The lowest BCUT2D eigenvalue weighted by atomic mass is 10.1. The quantitative estimate of drug-likeness (QED) is 0.151. The number of ether oxygens (including phenoxy) is 2. The highest BCUT2D eigenvalue weighted by Gasteiger charge is 2.37. The van der Waals surface area contributed by atoms with Crippen molar-refractivity contribution in [3.8, 4) is 11.5 Å². The number of carbonyl (C=O) groups is 3. The first-order valence-electron chi connectivity index (χ1n) is 12.3. The summed E-state index contributed by atoms with van der Waals surface area (Å²) in [5.74, 6) is -0.544. The van der Waals surface area contributed by atoms with Crippen molar-refractivity contribution in [3.05, 3.63) is 127 Å². The van der Waals surface area contributed by atoms with Crippen LogP contribution in [0.2, 0.25) is 5.02 Å². The summed E-state index contributed by atoms with van der Waals surface area (Å²) in [5.41, 5.74) is 2.44. The average molecular weight is 697 g/mol. The summed E-state index contributed by atoms with van der Waals surface area (Å²) in [6.45, 7) is 0.599. The normalized spacial score (nSPS) is 14.3. The molecule has 0 bridgehead atoms. The average Bonchev–Trinajstić information content (AvgIpc) is 2.96. The van der Waals surface area contributed by atoms with Gasteiger partial charge in [-0.05, 0) is 83.9 Å². The number of anilines is 1. The van der Waals surface area contributed by atoms with Crippen LogP contribution < -0.4 is 19.7 Å². The molecule has 41 heavy (non-hydrogen) atoms. The molecule has 0 spiro atoms. The molecule has 4 aromatic rings. The van der Waals surface area contributed by atoms with E-state index in [4.69, 9.17) is 21.1 Å². The Morgan fingerprint density at radius 1 is 0.756 bits per heavy atom. The first-order valence-corrected chi connectivity index (χ1v) is 14.3. The summed E-state index contributed by atoms with van der Waals surface area (Å²) in [4.78, 5) is 39.8. The monoisotopic (exact) mass is 694 g/mol. The van der Waals surface area contributed by atoms with Gasteiger partial charge in [-0.25, -0.2) is 9.69 Å². The third-order valence-corrected chi connectivity index (χ3v) is 7.37.